The topological polar surface area (TPSA) is 20.2 Å². The van der Waals surface area contributed by atoms with Gasteiger partial charge in [0.25, 0.3) is 0 Å². The van der Waals surface area contributed by atoms with E-state index in [2.05, 4.69) is 0 Å². The minimum Gasteiger partial charge on any atom is -0.371 e. The maximum Gasteiger partial charge on any atom is 0.197 e. The molecule has 1 aliphatic rings. The molecule has 0 heterocycles. The normalized spacial score (nSPS) is 32.3. The van der Waals surface area contributed by atoms with Gasteiger partial charge >= 0.3 is 0 Å². The first-order valence-electron chi connectivity index (χ1n) is 5.31. The fraction of sp³-hybridized carbons (Fsp3) is 0.333. The summed E-state index contributed by atoms with van der Waals surface area (Å²) in [5, 5.41) is 6.32. The van der Waals surface area contributed by atoms with Crippen LogP contribution >= 0.6 is 81.2 Å². The van der Waals surface area contributed by atoms with E-state index in [1.54, 1.807) is 30.3 Å². The zero-order valence-electron chi connectivity index (χ0n) is 9.56. The Morgan fingerprint density at radius 2 is 1.45 bits per heavy atom. The van der Waals surface area contributed by atoms with E-state index in [1.165, 1.54) is 0 Å². The van der Waals surface area contributed by atoms with Gasteiger partial charge < -0.3 is 5.11 Å². The monoisotopic (exact) mass is 412 g/mol. The number of benzene rings is 1. The number of alkyl halides is 6. The van der Waals surface area contributed by atoms with Crippen LogP contribution in [-0.2, 0) is 0 Å². The van der Waals surface area contributed by atoms with E-state index in [-0.39, 0.29) is 10.6 Å². The number of halogens is 7. The Morgan fingerprint density at radius 3 is 1.95 bits per heavy atom. The molecule has 0 fully saturated rings. The van der Waals surface area contributed by atoms with Crippen molar-refractivity contribution in [2.24, 2.45) is 0 Å². The SMILES string of the molecule is OC1(Cl)C(Cl)C(Cl)(Cl)C(c2ccccc2)=C(Cl)C1(Cl)Cl. The predicted molar refractivity (Wildman–Crippen MR) is 88.5 cm³/mol. The van der Waals surface area contributed by atoms with E-state index >= 15 is 0 Å². The number of hydrogen-bond donors (Lipinski definition) is 1. The van der Waals surface area contributed by atoms with Crippen LogP contribution in [0.4, 0.5) is 0 Å². The van der Waals surface area contributed by atoms with Gasteiger partial charge in [0, 0.05) is 5.57 Å². The van der Waals surface area contributed by atoms with Crippen molar-refractivity contribution in [2.75, 3.05) is 0 Å². The van der Waals surface area contributed by atoms with Crippen LogP contribution in [0.2, 0.25) is 0 Å². The molecule has 1 aromatic carbocycles. The van der Waals surface area contributed by atoms with Crippen molar-refractivity contribution in [1.29, 1.82) is 0 Å². The Balaban J connectivity index is 2.77. The van der Waals surface area contributed by atoms with E-state index in [4.69, 9.17) is 81.2 Å². The summed E-state index contributed by atoms with van der Waals surface area (Å²) < 4.78 is -3.83. The summed E-state index contributed by atoms with van der Waals surface area (Å²) in [6.07, 6.45) is 0. The summed E-state index contributed by atoms with van der Waals surface area (Å²) in [4.78, 5) is 0. The molecule has 2 unspecified atom stereocenters. The highest BCUT2D eigenvalue weighted by molar-refractivity contribution is 6.67. The summed E-state index contributed by atoms with van der Waals surface area (Å²) in [7, 11) is 0. The van der Waals surface area contributed by atoms with Crippen LogP contribution in [-0.4, -0.2) is 24.2 Å². The lowest BCUT2D eigenvalue weighted by molar-refractivity contribution is 0.112. The Kier molecular flexibility index (Phi) is 4.80. The minimum atomic E-state index is -2.34. The molecule has 2 atom stereocenters. The first kappa shape index (κ1) is 17.3. The third kappa shape index (κ3) is 2.45. The van der Waals surface area contributed by atoms with Gasteiger partial charge in [-0.2, -0.15) is 0 Å². The summed E-state index contributed by atoms with van der Waals surface area (Å²) >= 11 is 42.9. The van der Waals surface area contributed by atoms with Gasteiger partial charge in [0.2, 0.25) is 0 Å². The van der Waals surface area contributed by atoms with E-state index in [1.807, 2.05) is 0 Å². The number of hydrogen-bond acceptors (Lipinski definition) is 1. The first-order chi connectivity index (χ1) is 9.04. The molecule has 2 rings (SSSR count). The molecule has 1 N–H and O–H groups in total. The van der Waals surface area contributed by atoms with Crippen molar-refractivity contribution in [3.8, 4) is 0 Å². The van der Waals surface area contributed by atoms with Gasteiger partial charge in [-0.15, -0.1) is 11.6 Å². The second-order valence-corrected chi connectivity index (χ2v) is 8.39. The van der Waals surface area contributed by atoms with Crippen LogP contribution in [0, 0.1) is 0 Å². The molecule has 0 spiro atoms. The van der Waals surface area contributed by atoms with Crippen molar-refractivity contribution in [3.63, 3.8) is 0 Å². The maximum absolute atomic E-state index is 10.2. The van der Waals surface area contributed by atoms with Crippen molar-refractivity contribution in [1.82, 2.24) is 0 Å². The molecule has 110 valence electrons. The molecule has 0 amide bonds. The lowest BCUT2D eigenvalue weighted by atomic mass is 9.89. The van der Waals surface area contributed by atoms with E-state index in [0.717, 1.165) is 0 Å². The smallest absolute Gasteiger partial charge is 0.197 e. The van der Waals surface area contributed by atoms with E-state index < -0.39 is 19.1 Å². The van der Waals surface area contributed by atoms with Gasteiger partial charge in [-0.1, -0.05) is 99.9 Å². The second-order valence-electron chi connectivity index (χ2n) is 4.29. The molecule has 0 aromatic heterocycles. The molecule has 0 aliphatic heterocycles. The molecule has 20 heavy (non-hydrogen) atoms. The zero-order valence-corrected chi connectivity index (χ0v) is 14.8. The fourth-order valence-corrected chi connectivity index (χ4v) is 4.34. The molecule has 1 aromatic rings. The average Bonchev–Trinajstić information content (AvgIpc) is 2.37. The van der Waals surface area contributed by atoms with Gasteiger partial charge in [0.1, 0.15) is 5.38 Å². The lowest BCUT2D eigenvalue weighted by Crippen LogP contribution is -2.59. The Morgan fingerprint density at radius 1 is 0.950 bits per heavy atom. The van der Waals surface area contributed by atoms with Crippen molar-refractivity contribution in [2.45, 2.75) is 19.1 Å². The maximum atomic E-state index is 10.2. The fourth-order valence-electron chi connectivity index (χ4n) is 1.91. The van der Waals surface area contributed by atoms with Crippen LogP contribution in [0.1, 0.15) is 5.56 Å². The zero-order chi connectivity index (χ0) is 15.3. The van der Waals surface area contributed by atoms with E-state index in [9.17, 15) is 5.11 Å². The number of allylic oxidation sites excluding steroid dienone is 1. The Bertz CT molecular complexity index is 550. The third-order valence-corrected chi connectivity index (χ3v) is 7.09. The predicted octanol–water partition coefficient (Wildman–Crippen LogP) is 5.53. The average molecular weight is 415 g/mol. The first-order valence-corrected chi connectivity index (χ1v) is 8.02. The third-order valence-electron chi connectivity index (χ3n) is 2.99. The molecule has 0 saturated heterocycles. The van der Waals surface area contributed by atoms with Gasteiger partial charge in [-0.25, -0.2) is 0 Å². The molecule has 0 bridgehead atoms. The molecule has 1 aliphatic carbocycles. The summed E-state index contributed by atoms with van der Waals surface area (Å²) in [6, 6.07) is 8.73. The molecular formula is C12H7Cl7O. The van der Waals surface area contributed by atoms with Gasteiger partial charge in [-0.05, 0) is 5.56 Å². The van der Waals surface area contributed by atoms with Crippen molar-refractivity contribution >= 4 is 86.8 Å². The van der Waals surface area contributed by atoms with Crippen LogP contribution in [0.5, 0.6) is 0 Å². The van der Waals surface area contributed by atoms with Crippen LogP contribution in [0.15, 0.2) is 35.4 Å². The largest absolute Gasteiger partial charge is 0.371 e. The summed E-state index contributed by atoms with van der Waals surface area (Å²) in [5.41, 5.74) is 0.782. The minimum absolute atomic E-state index is 0.175. The molecule has 0 saturated carbocycles. The Labute approximate surface area is 151 Å². The van der Waals surface area contributed by atoms with Gasteiger partial charge in [-0.3, -0.25) is 0 Å². The van der Waals surface area contributed by atoms with Crippen LogP contribution < -0.4 is 0 Å². The lowest BCUT2D eigenvalue weighted by Gasteiger charge is -2.47. The summed E-state index contributed by atoms with van der Waals surface area (Å²) in [6.45, 7) is 0. The van der Waals surface area contributed by atoms with Gasteiger partial charge in [0.15, 0.2) is 13.7 Å². The van der Waals surface area contributed by atoms with Crippen LogP contribution in [0.3, 0.4) is 0 Å². The number of aliphatic hydroxyl groups is 1. The highest BCUT2D eigenvalue weighted by Gasteiger charge is 2.66. The van der Waals surface area contributed by atoms with E-state index in [0.29, 0.717) is 5.56 Å². The number of rotatable bonds is 1. The second kappa shape index (κ2) is 5.54. The van der Waals surface area contributed by atoms with Crippen LogP contribution in [0.25, 0.3) is 5.57 Å². The van der Waals surface area contributed by atoms with Crippen molar-refractivity contribution < 1.29 is 5.11 Å². The molecule has 8 heteroatoms. The standard InChI is InChI=1S/C12H7Cl7O/c13-8-7(6-4-2-1-3-5-6)10(15,16)9(14)12(19,20)11(8,17)18/h1-5,9,20H. The van der Waals surface area contributed by atoms with Gasteiger partial charge in [0.05, 0.1) is 5.03 Å². The highest BCUT2D eigenvalue weighted by Crippen LogP contribution is 2.62. The molecule has 1 nitrogen and oxygen atoms in total. The quantitative estimate of drug-likeness (QED) is 0.598. The molecule has 0 radical (unpaired) electrons. The summed E-state index contributed by atoms with van der Waals surface area (Å²) in [5.74, 6) is 0. The molecular weight excluding hydrogens is 408 g/mol. The highest BCUT2D eigenvalue weighted by atomic mass is 35.5. The Hall–Kier alpha value is 0.950. The van der Waals surface area contributed by atoms with Crippen molar-refractivity contribution in [3.05, 3.63) is 40.9 Å².